The van der Waals surface area contributed by atoms with Gasteiger partial charge in [-0.1, -0.05) is 38.5 Å². The summed E-state index contributed by atoms with van der Waals surface area (Å²) < 4.78 is 0. The van der Waals surface area contributed by atoms with Crippen LogP contribution in [0.3, 0.4) is 0 Å². The zero-order valence-electron chi connectivity index (χ0n) is 7.88. The van der Waals surface area contributed by atoms with Crippen molar-refractivity contribution >= 4 is 0 Å². The molecular weight excluding hydrogens is 152 g/mol. The van der Waals surface area contributed by atoms with E-state index in [9.17, 15) is 5.11 Å². The molecule has 0 aliphatic rings. The molecule has 12 heavy (non-hydrogen) atoms. The first kappa shape index (κ1) is 11.5. The van der Waals surface area contributed by atoms with Crippen molar-refractivity contribution < 1.29 is 10.2 Å². The molecule has 2 N–H and O–H groups in total. The highest BCUT2D eigenvalue weighted by atomic mass is 16.3. The summed E-state index contributed by atoms with van der Waals surface area (Å²) in [5.41, 5.74) is 0. The summed E-state index contributed by atoms with van der Waals surface area (Å²) >= 11 is 0. The van der Waals surface area contributed by atoms with Crippen LogP contribution in [0.2, 0.25) is 0 Å². The monoisotopic (exact) mass is 170 g/mol. The van der Waals surface area contributed by atoms with Crippen molar-refractivity contribution in [1.82, 2.24) is 0 Å². The fraction of sp³-hybridized carbons (Fsp3) is 0.800. The fourth-order valence-corrected chi connectivity index (χ4v) is 0.764. The van der Waals surface area contributed by atoms with Gasteiger partial charge in [0.1, 0.15) is 12.2 Å². The van der Waals surface area contributed by atoms with E-state index in [1.165, 1.54) is 0 Å². The lowest BCUT2D eigenvalue weighted by atomic mass is 10.1. The quantitative estimate of drug-likeness (QED) is 0.624. The summed E-state index contributed by atoms with van der Waals surface area (Å²) in [5.74, 6) is 5.22. The van der Waals surface area contributed by atoms with Gasteiger partial charge >= 0.3 is 0 Å². The molecule has 0 aromatic carbocycles. The average Bonchev–Trinajstić information content (AvgIpc) is 2.10. The normalized spacial score (nSPS) is 14.7. The van der Waals surface area contributed by atoms with Gasteiger partial charge in [-0.2, -0.15) is 0 Å². The maximum Gasteiger partial charge on any atom is 0.114 e. The molecule has 0 aliphatic carbocycles. The molecule has 0 radical (unpaired) electrons. The van der Waals surface area contributed by atoms with E-state index < -0.39 is 12.2 Å². The molecule has 0 aliphatic heterocycles. The molecule has 0 bridgehead atoms. The highest BCUT2D eigenvalue weighted by Gasteiger charge is 1.98. The summed E-state index contributed by atoms with van der Waals surface area (Å²) in [7, 11) is 0. The second-order valence-electron chi connectivity index (χ2n) is 2.87. The Kier molecular flexibility index (Phi) is 6.84. The van der Waals surface area contributed by atoms with Crippen LogP contribution in [-0.4, -0.2) is 22.4 Å². The number of hydrogen-bond donors (Lipinski definition) is 2. The van der Waals surface area contributed by atoms with Gasteiger partial charge in [0.15, 0.2) is 0 Å². The van der Waals surface area contributed by atoms with Crippen LogP contribution in [0.1, 0.15) is 39.5 Å². The third-order valence-electron chi connectivity index (χ3n) is 1.63. The fourth-order valence-electron chi connectivity index (χ4n) is 0.764. The minimum atomic E-state index is -0.582. The van der Waals surface area contributed by atoms with Gasteiger partial charge in [-0.25, -0.2) is 0 Å². The van der Waals surface area contributed by atoms with Crippen LogP contribution >= 0.6 is 0 Å². The molecule has 0 saturated carbocycles. The van der Waals surface area contributed by atoms with Crippen molar-refractivity contribution in [3.63, 3.8) is 0 Å². The number of aliphatic hydroxyl groups excluding tert-OH is 2. The molecule has 0 amide bonds. The first-order chi connectivity index (χ1) is 5.70. The third kappa shape index (κ3) is 6.21. The van der Waals surface area contributed by atoms with Crippen molar-refractivity contribution in [3.8, 4) is 11.8 Å². The number of aliphatic hydroxyl groups is 2. The summed E-state index contributed by atoms with van der Waals surface area (Å²) in [6.45, 7) is 3.93. The molecule has 2 atom stereocenters. The van der Waals surface area contributed by atoms with Gasteiger partial charge in [0.2, 0.25) is 0 Å². The largest absolute Gasteiger partial charge is 0.380 e. The molecule has 0 saturated heterocycles. The molecule has 2 nitrogen and oxygen atoms in total. The van der Waals surface area contributed by atoms with Crippen LogP contribution in [0.4, 0.5) is 0 Å². The van der Waals surface area contributed by atoms with Gasteiger partial charge in [-0.05, 0) is 12.8 Å². The summed E-state index contributed by atoms with van der Waals surface area (Å²) in [6.07, 6.45) is 2.23. The maximum absolute atomic E-state index is 9.24. The standard InChI is InChI=1S/C10H18O2/c1-3-5-6-10(12)8-7-9(11)4-2/h9-12H,3-6H2,1-2H3. The number of hydrogen-bond acceptors (Lipinski definition) is 2. The first-order valence-corrected chi connectivity index (χ1v) is 4.57. The zero-order valence-corrected chi connectivity index (χ0v) is 7.88. The average molecular weight is 170 g/mol. The van der Waals surface area contributed by atoms with E-state index in [4.69, 9.17) is 5.11 Å². The Hall–Kier alpha value is -0.520. The lowest BCUT2D eigenvalue weighted by Crippen LogP contribution is -2.05. The SMILES string of the molecule is CCCCC(O)C#CC(O)CC. The van der Waals surface area contributed by atoms with Crippen molar-refractivity contribution in [2.24, 2.45) is 0 Å². The minimum Gasteiger partial charge on any atom is -0.380 e. The highest BCUT2D eigenvalue weighted by Crippen LogP contribution is 1.98. The van der Waals surface area contributed by atoms with Crippen molar-refractivity contribution in [2.45, 2.75) is 51.7 Å². The Morgan fingerprint density at radius 1 is 1.08 bits per heavy atom. The summed E-state index contributed by atoms with van der Waals surface area (Å²) in [4.78, 5) is 0. The van der Waals surface area contributed by atoms with Gasteiger partial charge < -0.3 is 10.2 Å². The molecule has 0 fully saturated rings. The second kappa shape index (κ2) is 7.15. The van der Waals surface area contributed by atoms with Crippen LogP contribution in [0.15, 0.2) is 0 Å². The van der Waals surface area contributed by atoms with Crippen LogP contribution in [0, 0.1) is 11.8 Å². The molecule has 0 aromatic rings. The van der Waals surface area contributed by atoms with E-state index >= 15 is 0 Å². The molecule has 2 unspecified atom stereocenters. The lowest BCUT2D eigenvalue weighted by molar-refractivity contribution is 0.212. The van der Waals surface area contributed by atoms with E-state index in [-0.39, 0.29) is 0 Å². The maximum atomic E-state index is 9.24. The molecular formula is C10H18O2. The van der Waals surface area contributed by atoms with Crippen LogP contribution < -0.4 is 0 Å². The van der Waals surface area contributed by atoms with Gasteiger partial charge in [-0.3, -0.25) is 0 Å². The molecule has 0 spiro atoms. The lowest BCUT2D eigenvalue weighted by Gasteiger charge is -2.01. The van der Waals surface area contributed by atoms with Gasteiger partial charge in [-0.15, -0.1) is 0 Å². The zero-order chi connectivity index (χ0) is 9.40. The Balaban J connectivity index is 3.62. The molecule has 0 heterocycles. The van der Waals surface area contributed by atoms with Crippen molar-refractivity contribution in [2.75, 3.05) is 0 Å². The minimum absolute atomic E-state index is 0.564. The van der Waals surface area contributed by atoms with Crippen LogP contribution in [0.5, 0.6) is 0 Å². The Morgan fingerprint density at radius 2 is 1.67 bits per heavy atom. The Bertz CT molecular complexity index is 155. The van der Waals surface area contributed by atoms with Gasteiger partial charge in [0, 0.05) is 0 Å². The number of unbranched alkanes of at least 4 members (excludes halogenated alkanes) is 1. The Labute approximate surface area is 74.6 Å². The van der Waals surface area contributed by atoms with E-state index in [0.717, 1.165) is 12.8 Å². The van der Waals surface area contributed by atoms with Gasteiger partial charge in [0.05, 0.1) is 0 Å². The highest BCUT2D eigenvalue weighted by molar-refractivity contribution is 5.08. The van der Waals surface area contributed by atoms with E-state index in [1.54, 1.807) is 0 Å². The molecule has 0 aromatic heterocycles. The third-order valence-corrected chi connectivity index (χ3v) is 1.63. The van der Waals surface area contributed by atoms with E-state index in [0.29, 0.717) is 12.8 Å². The van der Waals surface area contributed by atoms with Crippen molar-refractivity contribution in [3.05, 3.63) is 0 Å². The number of rotatable bonds is 4. The van der Waals surface area contributed by atoms with Crippen LogP contribution in [-0.2, 0) is 0 Å². The molecule has 2 heteroatoms. The first-order valence-electron chi connectivity index (χ1n) is 4.57. The second-order valence-corrected chi connectivity index (χ2v) is 2.87. The molecule has 0 rings (SSSR count). The van der Waals surface area contributed by atoms with Gasteiger partial charge in [0.25, 0.3) is 0 Å². The van der Waals surface area contributed by atoms with Crippen LogP contribution in [0.25, 0.3) is 0 Å². The predicted molar refractivity (Wildman–Crippen MR) is 49.6 cm³/mol. The van der Waals surface area contributed by atoms with E-state index in [2.05, 4.69) is 18.8 Å². The summed E-state index contributed by atoms with van der Waals surface area (Å²) in [5, 5.41) is 18.3. The summed E-state index contributed by atoms with van der Waals surface area (Å²) in [6, 6.07) is 0. The topological polar surface area (TPSA) is 40.5 Å². The predicted octanol–water partition coefficient (Wildman–Crippen LogP) is 1.31. The van der Waals surface area contributed by atoms with E-state index in [1.807, 2.05) is 6.92 Å². The van der Waals surface area contributed by atoms with Crippen molar-refractivity contribution in [1.29, 1.82) is 0 Å². The molecule has 70 valence electrons. The smallest absolute Gasteiger partial charge is 0.114 e. The Morgan fingerprint density at radius 3 is 2.17 bits per heavy atom.